The summed E-state index contributed by atoms with van der Waals surface area (Å²) in [5.41, 5.74) is 0.105. The van der Waals surface area contributed by atoms with Gasteiger partial charge in [-0.1, -0.05) is 45.9 Å². The van der Waals surface area contributed by atoms with E-state index in [1.54, 1.807) is 6.07 Å². The lowest BCUT2D eigenvalue weighted by atomic mass is 9.84. The van der Waals surface area contributed by atoms with Crippen LogP contribution in [0.15, 0.2) is 24.3 Å². The van der Waals surface area contributed by atoms with E-state index in [1.165, 1.54) is 12.1 Å². The topological polar surface area (TPSA) is 32.3 Å². The van der Waals surface area contributed by atoms with Crippen molar-refractivity contribution in [2.75, 3.05) is 13.1 Å². The smallest absolute Gasteiger partial charge is 0.353 e. The highest BCUT2D eigenvalue weighted by molar-refractivity contribution is 5.79. The molecule has 1 N–H and O–H groups in total. The first-order chi connectivity index (χ1) is 13.6. The number of hydrogen-bond acceptors (Lipinski definition) is 2. The van der Waals surface area contributed by atoms with Crippen LogP contribution in [0.4, 0.5) is 13.2 Å². The van der Waals surface area contributed by atoms with Crippen LogP contribution in [-0.4, -0.2) is 29.9 Å². The van der Waals surface area contributed by atoms with Crippen molar-refractivity contribution in [2.24, 2.45) is 29.6 Å². The van der Waals surface area contributed by atoms with Crippen molar-refractivity contribution in [3.8, 4) is 0 Å². The number of nitrogens with one attached hydrogen (secondary N) is 1. The summed E-state index contributed by atoms with van der Waals surface area (Å²) >= 11 is 0. The summed E-state index contributed by atoms with van der Waals surface area (Å²) in [5, 5.41) is 3.31. The van der Waals surface area contributed by atoms with Crippen LogP contribution in [0.5, 0.6) is 0 Å². The number of carbonyl (C=O) groups is 1. The summed E-state index contributed by atoms with van der Waals surface area (Å²) < 4.78 is 38.9. The van der Waals surface area contributed by atoms with Gasteiger partial charge in [-0.15, -0.1) is 0 Å². The van der Waals surface area contributed by atoms with Gasteiger partial charge in [0.15, 0.2) is 0 Å². The zero-order valence-corrected chi connectivity index (χ0v) is 17.8. The highest BCUT2D eigenvalue weighted by Crippen LogP contribution is 2.39. The van der Waals surface area contributed by atoms with Crippen LogP contribution in [0.1, 0.15) is 51.7 Å². The van der Waals surface area contributed by atoms with Crippen molar-refractivity contribution in [1.82, 2.24) is 10.2 Å². The molecule has 1 amide bonds. The predicted molar refractivity (Wildman–Crippen MR) is 108 cm³/mol. The van der Waals surface area contributed by atoms with Gasteiger partial charge in [0, 0.05) is 31.6 Å². The number of halogens is 3. The average Bonchev–Trinajstić information content (AvgIpc) is 3.15. The third kappa shape index (κ3) is 5.14. The molecule has 29 heavy (non-hydrogen) atoms. The maximum Gasteiger partial charge on any atom is 0.416 e. The Morgan fingerprint density at radius 2 is 1.83 bits per heavy atom. The van der Waals surface area contributed by atoms with E-state index < -0.39 is 11.7 Å². The van der Waals surface area contributed by atoms with Gasteiger partial charge in [-0.25, -0.2) is 0 Å². The third-order valence-corrected chi connectivity index (χ3v) is 6.66. The molecule has 0 spiro atoms. The number of alkyl halides is 3. The van der Waals surface area contributed by atoms with Crippen molar-refractivity contribution in [1.29, 1.82) is 0 Å². The summed E-state index contributed by atoms with van der Waals surface area (Å²) in [6, 6.07) is 5.80. The molecule has 162 valence electrons. The largest absolute Gasteiger partial charge is 0.416 e. The van der Waals surface area contributed by atoms with Crippen LogP contribution in [0, 0.1) is 29.6 Å². The Kier molecular flexibility index (Phi) is 6.61. The molecule has 1 aliphatic carbocycles. The van der Waals surface area contributed by atoms with E-state index in [4.69, 9.17) is 0 Å². The maximum atomic E-state index is 13.0. The Morgan fingerprint density at radius 1 is 1.14 bits per heavy atom. The molecule has 1 aromatic carbocycles. The fraction of sp³-hybridized carbons (Fsp3) is 0.696. The zero-order valence-electron chi connectivity index (χ0n) is 17.8. The van der Waals surface area contributed by atoms with E-state index in [1.807, 2.05) is 0 Å². The van der Waals surface area contributed by atoms with Crippen molar-refractivity contribution in [3.63, 3.8) is 0 Å². The summed E-state index contributed by atoms with van der Waals surface area (Å²) in [6.07, 6.45) is -2.24. The molecular weight excluding hydrogens is 377 g/mol. The van der Waals surface area contributed by atoms with Gasteiger partial charge in [-0.05, 0) is 48.1 Å². The van der Waals surface area contributed by atoms with Crippen LogP contribution < -0.4 is 5.32 Å². The normalized spacial score (nSPS) is 25.2. The number of rotatable bonds is 6. The van der Waals surface area contributed by atoms with Gasteiger partial charge in [0.25, 0.3) is 0 Å². The molecule has 0 radical (unpaired) electrons. The van der Waals surface area contributed by atoms with Gasteiger partial charge in [0.1, 0.15) is 0 Å². The van der Waals surface area contributed by atoms with Crippen LogP contribution >= 0.6 is 0 Å². The highest BCUT2D eigenvalue weighted by Gasteiger charge is 2.43. The summed E-state index contributed by atoms with van der Waals surface area (Å²) in [4.78, 5) is 15.1. The van der Waals surface area contributed by atoms with E-state index in [0.29, 0.717) is 35.8 Å². The Bertz CT molecular complexity index is 708. The molecule has 3 nitrogen and oxygen atoms in total. The molecule has 3 rings (SSSR count). The minimum Gasteiger partial charge on any atom is -0.353 e. The Morgan fingerprint density at radius 3 is 2.45 bits per heavy atom. The molecule has 2 aliphatic rings. The standard InChI is InChI=1S/C23H33F3N2O/c1-14(2)21(15(3)4)22(29)27-20-9-8-17-12-28(13-19(17)20)11-16-6-5-7-18(10-16)23(24,25)26/h5-7,10,14-15,17,19-21H,8-9,11-13H2,1-4H3,(H,27,29)/t17-,19+,20+/m1/s1. The zero-order chi connectivity index (χ0) is 21.3. The van der Waals surface area contributed by atoms with Gasteiger partial charge in [-0.2, -0.15) is 13.2 Å². The fourth-order valence-corrected chi connectivity index (χ4v) is 5.42. The molecule has 1 saturated carbocycles. The number of hydrogen-bond donors (Lipinski definition) is 1. The minimum atomic E-state index is -4.31. The SMILES string of the molecule is CC(C)C(C(=O)N[C@H]1CC[C@@H]2CN(Cc3cccc(C(F)(F)F)c3)C[C@@H]21)C(C)C. The van der Waals surface area contributed by atoms with Crippen LogP contribution in [0.3, 0.4) is 0 Å². The average molecular weight is 411 g/mol. The first-order valence-corrected chi connectivity index (χ1v) is 10.7. The van der Waals surface area contributed by atoms with Crippen LogP contribution in [-0.2, 0) is 17.5 Å². The molecule has 0 unspecified atom stereocenters. The number of likely N-dealkylation sites (tertiary alicyclic amines) is 1. The van der Waals surface area contributed by atoms with Crippen molar-refractivity contribution in [2.45, 2.75) is 59.3 Å². The number of benzene rings is 1. The molecule has 3 atom stereocenters. The number of carbonyl (C=O) groups excluding carboxylic acids is 1. The second-order valence-corrected chi connectivity index (χ2v) is 9.52. The molecule has 0 bridgehead atoms. The van der Waals surface area contributed by atoms with E-state index in [0.717, 1.165) is 32.0 Å². The lowest BCUT2D eigenvalue weighted by Crippen LogP contribution is -2.45. The second kappa shape index (κ2) is 8.66. The van der Waals surface area contributed by atoms with E-state index in [-0.39, 0.29) is 17.9 Å². The van der Waals surface area contributed by atoms with Gasteiger partial charge in [-0.3, -0.25) is 9.69 Å². The van der Waals surface area contributed by atoms with Gasteiger partial charge >= 0.3 is 6.18 Å². The van der Waals surface area contributed by atoms with E-state index >= 15 is 0 Å². The number of amides is 1. The third-order valence-electron chi connectivity index (χ3n) is 6.66. The Hall–Kier alpha value is -1.56. The van der Waals surface area contributed by atoms with Gasteiger partial charge in [0.2, 0.25) is 5.91 Å². The summed E-state index contributed by atoms with van der Waals surface area (Å²) in [6.45, 7) is 10.6. The van der Waals surface area contributed by atoms with Crippen LogP contribution in [0.25, 0.3) is 0 Å². The molecule has 6 heteroatoms. The number of fused-ring (bicyclic) bond motifs is 1. The first-order valence-electron chi connectivity index (χ1n) is 10.7. The molecule has 2 fully saturated rings. The lowest BCUT2D eigenvalue weighted by molar-refractivity contribution is -0.137. The van der Waals surface area contributed by atoms with Crippen LogP contribution in [0.2, 0.25) is 0 Å². The van der Waals surface area contributed by atoms with Crippen molar-refractivity contribution in [3.05, 3.63) is 35.4 Å². The summed E-state index contributed by atoms with van der Waals surface area (Å²) in [7, 11) is 0. The molecule has 1 heterocycles. The van der Waals surface area contributed by atoms with E-state index in [2.05, 4.69) is 37.9 Å². The monoisotopic (exact) mass is 410 g/mol. The minimum absolute atomic E-state index is 0.0108. The molecular formula is C23H33F3N2O. The van der Waals surface area contributed by atoms with Gasteiger partial charge in [0.05, 0.1) is 5.56 Å². The quantitative estimate of drug-likeness (QED) is 0.719. The van der Waals surface area contributed by atoms with Crippen molar-refractivity contribution < 1.29 is 18.0 Å². The molecule has 0 aromatic heterocycles. The Labute approximate surface area is 172 Å². The second-order valence-electron chi connectivity index (χ2n) is 9.52. The first kappa shape index (κ1) is 22.1. The maximum absolute atomic E-state index is 13.0. The Balaban J connectivity index is 1.61. The molecule has 1 saturated heterocycles. The van der Waals surface area contributed by atoms with Crippen molar-refractivity contribution >= 4 is 5.91 Å². The number of nitrogens with zero attached hydrogens (tertiary/aromatic N) is 1. The predicted octanol–water partition coefficient (Wildman–Crippen LogP) is 4.96. The molecule has 1 aliphatic heterocycles. The molecule has 1 aromatic rings. The highest BCUT2D eigenvalue weighted by atomic mass is 19.4. The fourth-order valence-electron chi connectivity index (χ4n) is 5.42. The van der Waals surface area contributed by atoms with Gasteiger partial charge < -0.3 is 5.32 Å². The lowest BCUT2D eigenvalue weighted by Gasteiger charge is -2.28. The van der Waals surface area contributed by atoms with E-state index in [9.17, 15) is 18.0 Å². The summed E-state index contributed by atoms with van der Waals surface area (Å²) in [5.74, 6) is 1.67.